The molecule has 0 aliphatic carbocycles. The zero-order chi connectivity index (χ0) is 14.1. The minimum absolute atomic E-state index is 0.141. The summed E-state index contributed by atoms with van der Waals surface area (Å²) < 4.78 is 0. The molecule has 1 atom stereocenters. The molecule has 2 N–H and O–H groups in total. The first-order valence-corrected chi connectivity index (χ1v) is 7.86. The monoisotopic (exact) mass is 305 g/mol. The lowest BCUT2D eigenvalue weighted by Gasteiger charge is -2.11. The highest BCUT2D eigenvalue weighted by Crippen LogP contribution is 2.40. The number of nitrogens with one attached hydrogen (secondary N) is 1. The molecular weight excluding hydrogens is 294 g/mol. The number of carboxylic acids is 1. The van der Waals surface area contributed by atoms with Crippen LogP contribution in [0.3, 0.4) is 0 Å². The van der Waals surface area contributed by atoms with E-state index in [1.807, 2.05) is 24.3 Å². The lowest BCUT2D eigenvalue weighted by atomic mass is 10.0. The average molecular weight is 305 g/mol. The second-order valence-corrected chi connectivity index (χ2v) is 6.34. The third-order valence-electron chi connectivity index (χ3n) is 3.15. The molecule has 0 spiro atoms. The molecule has 1 amide bonds. The standard InChI is InChI=1S/C14H11NO3S2/c16-12(15-13-9(14(17)18)5-6-19-13)10-7-20-11-4-2-1-3-8(10)11/h1-6,10H,7H2,(H,15,16)(H,17,18). The number of rotatable bonds is 3. The minimum atomic E-state index is -1.03. The molecular formula is C14H11NO3S2. The van der Waals surface area contributed by atoms with Crippen molar-refractivity contribution in [2.75, 3.05) is 11.1 Å². The van der Waals surface area contributed by atoms with Crippen molar-refractivity contribution in [3.63, 3.8) is 0 Å². The summed E-state index contributed by atoms with van der Waals surface area (Å²) in [6.07, 6.45) is 0. The van der Waals surface area contributed by atoms with Crippen LogP contribution in [0.2, 0.25) is 0 Å². The molecule has 20 heavy (non-hydrogen) atoms. The number of aromatic carboxylic acids is 1. The van der Waals surface area contributed by atoms with Crippen LogP contribution in [0.15, 0.2) is 40.6 Å². The summed E-state index contributed by atoms with van der Waals surface area (Å²) in [6.45, 7) is 0. The maximum atomic E-state index is 12.3. The number of amides is 1. The van der Waals surface area contributed by atoms with Gasteiger partial charge in [0.15, 0.2) is 0 Å². The van der Waals surface area contributed by atoms with Crippen molar-refractivity contribution in [3.05, 3.63) is 46.8 Å². The lowest BCUT2D eigenvalue weighted by molar-refractivity contribution is -0.117. The van der Waals surface area contributed by atoms with Gasteiger partial charge in [0.25, 0.3) is 0 Å². The minimum Gasteiger partial charge on any atom is -0.478 e. The van der Waals surface area contributed by atoms with Gasteiger partial charge in [-0.2, -0.15) is 0 Å². The fourth-order valence-corrected chi connectivity index (χ4v) is 4.16. The van der Waals surface area contributed by atoms with E-state index in [0.29, 0.717) is 10.8 Å². The van der Waals surface area contributed by atoms with Crippen LogP contribution < -0.4 is 5.32 Å². The van der Waals surface area contributed by atoms with Crippen LogP contribution in [0, 0.1) is 0 Å². The Bertz CT molecular complexity index is 681. The molecule has 0 bridgehead atoms. The Hall–Kier alpha value is -1.79. The van der Waals surface area contributed by atoms with Gasteiger partial charge in [0.2, 0.25) is 5.91 Å². The number of carboxylic acid groups (broad SMARTS) is 1. The molecule has 6 heteroatoms. The predicted octanol–water partition coefficient (Wildman–Crippen LogP) is 3.27. The first-order chi connectivity index (χ1) is 9.66. The van der Waals surface area contributed by atoms with Gasteiger partial charge in [0, 0.05) is 10.6 Å². The van der Waals surface area contributed by atoms with Crippen molar-refractivity contribution in [1.29, 1.82) is 0 Å². The topological polar surface area (TPSA) is 66.4 Å². The van der Waals surface area contributed by atoms with Gasteiger partial charge in [-0.3, -0.25) is 4.79 Å². The number of hydrogen-bond acceptors (Lipinski definition) is 4. The van der Waals surface area contributed by atoms with Crippen LogP contribution in [0.5, 0.6) is 0 Å². The smallest absolute Gasteiger partial charge is 0.338 e. The largest absolute Gasteiger partial charge is 0.478 e. The molecule has 0 saturated carbocycles. The highest BCUT2D eigenvalue weighted by atomic mass is 32.2. The van der Waals surface area contributed by atoms with Crippen molar-refractivity contribution in [2.45, 2.75) is 10.8 Å². The van der Waals surface area contributed by atoms with E-state index in [1.54, 1.807) is 17.1 Å². The van der Waals surface area contributed by atoms with E-state index >= 15 is 0 Å². The van der Waals surface area contributed by atoms with Gasteiger partial charge in [-0.25, -0.2) is 4.79 Å². The molecule has 2 heterocycles. The van der Waals surface area contributed by atoms with Crippen LogP contribution in [-0.2, 0) is 4.79 Å². The maximum absolute atomic E-state index is 12.3. The fraction of sp³-hybridized carbons (Fsp3) is 0.143. The molecule has 1 aliphatic rings. The molecule has 3 rings (SSSR count). The predicted molar refractivity (Wildman–Crippen MR) is 79.8 cm³/mol. The first-order valence-electron chi connectivity index (χ1n) is 6.00. The van der Waals surface area contributed by atoms with Crippen molar-refractivity contribution >= 4 is 40.0 Å². The summed E-state index contributed by atoms with van der Waals surface area (Å²) in [7, 11) is 0. The number of fused-ring (bicyclic) bond motifs is 1. The Kier molecular flexibility index (Phi) is 3.50. The normalized spacial score (nSPS) is 16.7. The van der Waals surface area contributed by atoms with Gasteiger partial charge in [0.05, 0.1) is 11.5 Å². The second kappa shape index (κ2) is 5.30. The summed E-state index contributed by atoms with van der Waals surface area (Å²) in [5.41, 5.74) is 1.16. The van der Waals surface area contributed by atoms with E-state index in [2.05, 4.69) is 5.32 Å². The van der Waals surface area contributed by atoms with Gasteiger partial charge in [-0.1, -0.05) is 18.2 Å². The summed E-state index contributed by atoms with van der Waals surface area (Å²) in [4.78, 5) is 24.5. The summed E-state index contributed by atoms with van der Waals surface area (Å²) in [5.74, 6) is -0.700. The van der Waals surface area contributed by atoms with Gasteiger partial charge in [-0.15, -0.1) is 23.1 Å². The van der Waals surface area contributed by atoms with Crippen molar-refractivity contribution in [1.82, 2.24) is 0 Å². The van der Waals surface area contributed by atoms with Crippen LogP contribution in [-0.4, -0.2) is 22.7 Å². The molecule has 0 radical (unpaired) electrons. The molecule has 102 valence electrons. The van der Waals surface area contributed by atoms with Gasteiger partial charge in [-0.05, 0) is 23.1 Å². The maximum Gasteiger partial charge on any atom is 0.338 e. The summed E-state index contributed by atoms with van der Waals surface area (Å²) in [6, 6.07) is 9.32. The fourth-order valence-electron chi connectivity index (χ4n) is 2.15. The summed E-state index contributed by atoms with van der Waals surface area (Å²) in [5, 5.41) is 13.8. The van der Waals surface area contributed by atoms with Crippen molar-refractivity contribution in [2.24, 2.45) is 0 Å². The Morgan fingerprint density at radius 2 is 2.05 bits per heavy atom. The highest BCUT2D eigenvalue weighted by Gasteiger charge is 2.29. The third kappa shape index (κ3) is 2.32. The molecule has 4 nitrogen and oxygen atoms in total. The van der Waals surface area contributed by atoms with E-state index in [0.717, 1.165) is 10.5 Å². The zero-order valence-corrected chi connectivity index (χ0v) is 12.0. The van der Waals surface area contributed by atoms with Crippen molar-refractivity contribution in [3.8, 4) is 0 Å². The Balaban J connectivity index is 1.81. The third-order valence-corrected chi connectivity index (χ3v) is 5.16. The van der Waals surface area contributed by atoms with Gasteiger partial charge in [0.1, 0.15) is 5.00 Å². The number of thiophene rings is 1. The molecule has 0 fully saturated rings. The number of carbonyl (C=O) groups is 2. The van der Waals surface area contributed by atoms with E-state index in [9.17, 15) is 9.59 Å². The molecule has 1 aromatic heterocycles. The van der Waals surface area contributed by atoms with Crippen LogP contribution in [0.4, 0.5) is 5.00 Å². The molecule has 1 unspecified atom stereocenters. The summed E-state index contributed by atoms with van der Waals surface area (Å²) >= 11 is 2.88. The van der Waals surface area contributed by atoms with Crippen molar-refractivity contribution < 1.29 is 14.7 Å². The van der Waals surface area contributed by atoms with E-state index < -0.39 is 5.97 Å². The number of carbonyl (C=O) groups excluding carboxylic acids is 1. The quantitative estimate of drug-likeness (QED) is 0.913. The van der Waals surface area contributed by atoms with Gasteiger partial charge < -0.3 is 10.4 Å². The van der Waals surface area contributed by atoms with Crippen LogP contribution in [0.25, 0.3) is 0 Å². The SMILES string of the molecule is O=C(O)c1ccsc1NC(=O)C1CSc2ccccc21. The van der Waals surface area contributed by atoms with Gasteiger partial charge >= 0.3 is 5.97 Å². The van der Waals surface area contributed by atoms with Crippen LogP contribution in [0.1, 0.15) is 21.8 Å². The second-order valence-electron chi connectivity index (χ2n) is 4.36. The number of benzene rings is 1. The highest BCUT2D eigenvalue weighted by molar-refractivity contribution is 7.99. The van der Waals surface area contributed by atoms with E-state index in [-0.39, 0.29) is 17.4 Å². The average Bonchev–Trinajstić information content (AvgIpc) is 3.04. The zero-order valence-electron chi connectivity index (χ0n) is 10.3. The first kappa shape index (κ1) is 13.2. The van der Waals surface area contributed by atoms with Crippen LogP contribution >= 0.6 is 23.1 Å². The number of hydrogen-bond donors (Lipinski definition) is 2. The Morgan fingerprint density at radius 3 is 2.85 bits per heavy atom. The molecule has 1 aliphatic heterocycles. The van der Waals surface area contributed by atoms with E-state index in [4.69, 9.17) is 5.11 Å². The Labute approximate surface area is 123 Å². The Morgan fingerprint density at radius 1 is 1.25 bits per heavy atom. The molecule has 2 aromatic rings. The lowest BCUT2D eigenvalue weighted by Crippen LogP contribution is -2.21. The number of anilines is 1. The van der Waals surface area contributed by atoms with E-state index in [1.165, 1.54) is 17.4 Å². The number of thioether (sulfide) groups is 1. The molecule has 1 aromatic carbocycles. The molecule has 0 saturated heterocycles.